The summed E-state index contributed by atoms with van der Waals surface area (Å²) in [6.45, 7) is 4.15. The molecule has 1 aromatic carbocycles. The average molecular weight is 224 g/mol. The second-order valence-corrected chi connectivity index (χ2v) is 4.49. The van der Waals surface area contributed by atoms with Gasteiger partial charge in [0.25, 0.3) is 0 Å². The Hall–Kier alpha value is -2.21. The third kappa shape index (κ3) is 1.34. The maximum atomic E-state index is 9.28. The van der Waals surface area contributed by atoms with Crippen molar-refractivity contribution in [2.24, 2.45) is 0 Å². The van der Waals surface area contributed by atoms with Crippen LogP contribution in [0.3, 0.4) is 0 Å². The van der Waals surface area contributed by atoms with Crippen LogP contribution in [0.2, 0.25) is 0 Å². The van der Waals surface area contributed by atoms with Crippen LogP contribution in [-0.2, 0) is 0 Å². The first-order chi connectivity index (χ1) is 8.20. The van der Waals surface area contributed by atoms with Crippen LogP contribution < -0.4 is 0 Å². The molecule has 3 rings (SSSR count). The van der Waals surface area contributed by atoms with Crippen LogP contribution in [0.5, 0.6) is 0 Å². The fourth-order valence-electron chi connectivity index (χ4n) is 2.22. The van der Waals surface area contributed by atoms with Gasteiger partial charge in [-0.3, -0.25) is 0 Å². The smallest absolute Gasteiger partial charge is 0.134 e. The van der Waals surface area contributed by atoms with Crippen molar-refractivity contribution in [1.82, 2.24) is 4.57 Å². The Labute approximate surface area is 98.9 Å². The van der Waals surface area contributed by atoms with Crippen LogP contribution in [0, 0.1) is 11.3 Å². The molecule has 0 N–H and O–H groups in total. The van der Waals surface area contributed by atoms with Gasteiger partial charge in [0.15, 0.2) is 0 Å². The van der Waals surface area contributed by atoms with Crippen molar-refractivity contribution < 1.29 is 4.42 Å². The van der Waals surface area contributed by atoms with Crippen molar-refractivity contribution in [3.63, 3.8) is 0 Å². The minimum absolute atomic E-state index is 0.281. The summed E-state index contributed by atoms with van der Waals surface area (Å²) in [5.41, 5.74) is 1.53. The monoisotopic (exact) mass is 224 g/mol. The van der Waals surface area contributed by atoms with Gasteiger partial charge in [0.05, 0.1) is 6.26 Å². The van der Waals surface area contributed by atoms with E-state index in [4.69, 9.17) is 4.42 Å². The van der Waals surface area contributed by atoms with Gasteiger partial charge in [0.1, 0.15) is 17.3 Å². The summed E-state index contributed by atoms with van der Waals surface area (Å²) in [5.74, 6) is 0. The number of hydrogen-bond acceptors (Lipinski definition) is 2. The molecule has 0 amide bonds. The van der Waals surface area contributed by atoms with Gasteiger partial charge in [-0.2, -0.15) is 5.26 Å². The molecule has 0 radical (unpaired) electrons. The molecule has 2 heterocycles. The zero-order valence-electron chi connectivity index (χ0n) is 9.77. The molecular formula is C14H12N2O. The van der Waals surface area contributed by atoms with E-state index in [1.165, 1.54) is 0 Å². The molecule has 0 aliphatic rings. The number of rotatable bonds is 1. The third-order valence-electron chi connectivity index (χ3n) is 3.08. The van der Waals surface area contributed by atoms with E-state index in [2.05, 4.69) is 26.0 Å². The molecule has 0 unspecified atom stereocenters. The number of furan rings is 1. The molecule has 0 aliphatic heterocycles. The summed E-state index contributed by atoms with van der Waals surface area (Å²) in [5, 5.41) is 12.4. The lowest BCUT2D eigenvalue weighted by molar-refractivity contribution is 0.599. The predicted octanol–water partition coefficient (Wildman–Crippen LogP) is 3.84. The van der Waals surface area contributed by atoms with Crippen molar-refractivity contribution in [1.29, 1.82) is 5.26 Å². The third-order valence-corrected chi connectivity index (χ3v) is 3.08. The molecule has 3 nitrogen and oxygen atoms in total. The molecule has 84 valence electrons. The molecule has 0 aliphatic carbocycles. The second-order valence-electron chi connectivity index (χ2n) is 4.49. The highest BCUT2D eigenvalue weighted by atomic mass is 16.3. The first-order valence-electron chi connectivity index (χ1n) is 5.62. The molecular weight excluding hydrogens is 212 g/mol. The number of benzene rings is 1. The molecule has 17 heavy (non-hydrogen) atoms. The fourth-order valence-corrected chi connectivity index (χ4v) is 2.22. The van der Waals surface area contributed by atoms with E-state index >= 15 is 0 Å². The minimum atomic E-state index is 0.281. The van der Waals surface area contributed by atoms with Crippen molar-refractivity contribution in [2.75, 3.05) is 0 Å². The number of fused-ring (bicyclic) bond motifs is 2. The highest BCUT2D eigenvalue weighted by Crippen LogP contribution is 2.29. The standard InChI is InChI=1S/C14H12N2O/c1-9(2)16-8-11-5-10-3-4-17-14(10)6-12(11)13(16)7-15/h3-6,8-9H,1-2H3. The van der Waals surface area contributed by atoms with Crippen LogP contribution >= 0.6 is 0 Å². The second kappa shape index (κ2) is 3.39. The molecule has 0 fully saturated rings. The van der Waals surface area contributed by atoms with E-state index in [0.29, 0.717) is 5.69 Å². The quantitative estimate of drug-likeness (QED) is 0.630. The Morgan fingerprint density at radius 3 is 2.82 bits per heavy atom. The van der Waals surface area contributed by atoms with Gasteiger partial charge < -0.3 is 8.98 Å². The van der Waals surface area contributed by atoms with Gasteiger partial charge >= 0.3 is 0 Å². The van der Waals surface area contributed by atoms with Gasteiger partial charge in [-0.25, -0.2) is 0 Å². The lowest BCUT2D eigenvalue weighted by Gasteiger charge is -2.07. The summed E-state index contributed by atoms with van der Waals surface area (Å²) in [6.07, 6.45) is 3.71. The maximum Gasteiger partial charge on any atom is 0.134 e. The maximum absolute atomic E-state index is 9.28. The van der Waals surface area contributed by atoms with Gasteiger partial charge in [-0.15, -0.1) is 0 Å². The molecule has 0 saturated carbocycles. The molecule has 0 bridgehead atoms. The summed E-state index contributed by atoms with van der Waals surface area (Å²) in [4.78, 5) is 0. The van der Waals surface area contributed by atoms with E-state index in [1.54, 1.807) is 6.26 Å². The Balaban J connectivity index is 2.44. The van der Waals surface area contributed by atoms with E-state index in [0.717, 1.165) is 21.7 Å². The summed E-state index contributed by atoms with van der Waals surface area (Å²) >= 11 is 0. The van der Waals surface area contributed by atoms with Gasteiger partial charge in [-0.05, 0) is 32.0 Å². The topological polar surface area (TPSA) is 41.9 Å². The van der Waals surface area contributed by atoms with Crippen LogP contribution in [0.1, 0.15) is 25.6 Å². The minimum Gasteiger partial charge on any atom is -0.464 e. The fraction of sp³-hybridized carbons (Fsp3) is 0.214. The Bertz CT molecular complexity index is 741. The highest BCUT2D eigenvalue weighted by molar-refractivity contribution is 5.98. The van der Waals surface area contributed by atoms with Crippen LogP contribution in [0.4, 0.5) is 0 Å². The SMILES string of the molecule is CC(C)n1cc2cc3ccoc3cc2c1C#N. The lowest BCUT2D eigenvalue weighted by Crippen LogP contribution is -2.00. The number of nitriles is 1. The number of nitrogens with zero attached hydrogens (tertiary/aromatic N) is 2. The van der Waals surface area contributed by atoms with Crippen molar-refractivity contribution in [3.05, 3.63) is 36.4 Å². The predicted molar refractivity (Wildman–Crippen MR) is 66.8 cm³/mol. The van der Waals surface area contributed by atoms with Crippen LogP contribution in [0.15, 0.2) is 35.1 Å². The van der Waals surface area contributed by atoms with E-state index in [1.807, 2.05) is 22.9 Å². The van der Waals surface area contributed by atoms with Crippen molar-refractivity contribution in [3.8, 4) is 6.07 Å². The molecule has 0 spiro atoms. The molecule has 3 heteroatoms. The van der Waals surface area contributed by atoms with Crippen LogP contribution in [-0.4, -0.2) is 4.57 Å². The number of aromatic nitrogens is 1. The zero-order valence-corrected chi connectivity index (χ0v) is 9.77. The first kappa shape index (κ1) is 9.98. The summed E-state index contributed by atoms with van der Waals surface area (Å²) < 4.78 is 7.38. The molecule has 3 aromatic rings. The van der Waals surface area contributed by atoms with Gasteiger partial charge in [0.2, 0.25) is 0 Å². The van der Waals surface area contributed by atoms with Crippen molar-refractivity contribution in [2.45, 2.75) is 19.9 Å². The Morgan fingerprint density at radius 2 is 2.12 bits per heavy atom. The van der Waals surface area contributed by atoms with Gasteiger partial charge in [0, 0.05) is 28.4 Å². The van der Waals surface area contributed by atoms with E-state index in [-0.39, 0.29) is 6.04 Å². The number of hydrogen-bond donors (Lipinski definition) is 0. The zero-order chi connectivity index (χ0) is 12.0. The van der Waals surface area contributed by atoms with E-state index in [9.17, 15) is 5.26 Å². The van der Waals surface area contributed by atoms with E-state index < -0.39 is 0 Å². The normalized spacial score (nSPS) is 11.4. The highest BCUT2D eigenvalue weighted by Gasteiger charge is 2.12. The largest absolute Gasteiger partial charge is 0.464 e. The first-order valence-corrected chi connectivity index (χ1v) is 5.62. The van der Waals surface area contributed by atoms with Crippen LogP contribution in [0.25, 0.3) is 21.7 Å². The Morgan fingerprint density at radius 1 is 1.29 bits per heavy atom. The average Bonchev–Trinajstić information content (AvgIpc) is 2.87. The lowest BCUT2D eigenvalue weighted by atomic mass is 10.1. The van der Waals surface area contributed by atoms with Gasteiger partial charge in [-0.1, -0.05) is 0 Å². The van der Waals surface area contributed by atoms with Crippen molar-refractivity contribution >= 4 is 21.7 Å². The summed E-state index contributed by atoms with van der Waals surface area (Å²) in [7, 11) is 0. The molecule has 2 aromatic heterocycles. The summed E-state index contributed by atoms with van der Waals surface area (Å²) in [6, 6.07) is 8.51. The molecule has 0 atom stereocenters. The molecule has 0 saturated heterocycles. The Kier molecular flexibility index (Phi) is 1.99.